The van der Waals surface area contributed by atoms with E-state index in [1.54, 1.807) is 6.92 Å². The molecule has 6 nitrogen and oxygen atoms in total. The van der Waals surface area contributed by atoms with Crippen molar-refractivity contribution in [1.29, 1.82) is 0 Å². The molecule has 0 radical (unpaired) electrons. The molecule has 3 rings (SSSR count). The maximum Gasteiger partial charge on any atom is 0.321 e. The summed E-state index contributed by atoms with van der Waals surface area (Å²) < 4.78 is 5.14. The fourth-order valence-electron chi connectivity index (χ4n) is 3.47. The average molecular weight is 343 g/mol. The highest BCUT2D eigenvalue weighted by molar-refractivity contribution is 6.08. The van der Waals surface area contributed by atoms with Crippen LogP contribution in [0.3, 0.4) is 0 Å². The van der Waals surface area contributed by atoms with Gasteiger partial charge in [-0.15, -0.1) is 0 Å². The molecule has 1 saturated heterocycles. The van der Waals surface area contributed by atoms with Crippen molar-refractivity contribution in [3.05, 3.63) is 35.4 Å². The summed E-state index contributed by atoms with van der Waals surface area (Å²) in [6.07, 6.45) is 3.38. The van der Waals surface area contributed by atoms with Crippen LogP contribution in [0.15, 0.2) is 29.3 Å². The average Bonchev–Trinajstić information content (AvgIpc) is 2.62. The number of aliphatic imine (C=N–C) groups is 1. The van der Waals surface area contributed by atoms with Crippen molar-refractivity contribution in [3.8, 4) is 0 Å². The zero-order valence-electron chi connectivity index (χ0n) is 14.8. The van der Waals surface area contributed by atoms with Crippen molar-refractivity contribution in [2.45, 2.75) is 39.2 Å². The number of likely N-dealkylation sites (tertiary alicyclic amines) is 1. The number of nitrogens with one attached hydrogen (secondary N) is 1. The van der Waals surface area contributed by atoms with E-state index in [0.29, 0.717) is 5.96 Å². The second kappa shape index (κ2) is 7.68. The Hall–Kier alpha value is -2.37. The first-order valence-electron chi connectivity index (χ1n) is 8.97. The van der Waals surface area contributed by atoms with E-state index in [4.69, 9.17) is 9.73 Å². The molecule has 0 aliphatic carbocycles. The fraction of sp³-hybridized carbons (Fsp3) is 0.526. The van der Waals surface area contributed by atoms with Gasteiger partial charge in [-0.25, -0.2) is 4.99 Å². The zero-order valence-corrected chi connectivity index (χ0v) is 14.8. The Labute approximate surface area is 148 Å². The molecular weight excluding hydrogens is 318 g/mol. The Balaban J connectivity index is 1.99. The summed E-state index contributed by atoms with van der Waals surface area (Å²) >= 11 is 0. The first-order chi connectivity index (χ1) is 12.1. The minimum absolute atomic E-state index is 0.242. The van der Waals surface area contributed by atoms with Crippen LogP contribution in [0.1, 0.15) is 43.4 Å². The molecule has 0 saturated carbocycles. The summed E-state index contributed by atoms with van der Waals surface area (Å²) in [5, 5.41) is 2.83. The van der Waals surface area contributed by atoms with Gasteiger partial charge in [-0.2, -0.15) is 0 Å². The van der Waals surface area contributed by atoms with Gasteiger partial charge in [0.15, 0.2) is 5.92 Å². The monoisotopic (exact) mass is 343 g/mol. The number of amides is 1. The first kappa shape index (κ1) is 17.5. The summed E-state index contributed by atoms with van der Waals surface area (Å²) in [6.45, 7) is 5.71. The molecule has 0 aromatic heterocycles. The number of esters is 1. The number of rotatable bonds is 3. The lowest BCUT2D eigenvalue weighted by molar-refractivity contribution is -0.153. The van der Waals surface area contributed by atoms with Crippen molar-refractivity contribution >= 4 is 17.8 Å². The highest BCUT2D eigenvalue weighted by Gasteiger charge is 2.42. The Bertz CT molecular complexity index is 680. The third kappa shape index (κ3) is 3.67. The third-order valence-electron chi connectivity index (χ3n) is 4.80. The minimum atomic E-state index is -0.949. The van der Waals surface area contributed by atoms with E-state index in [-0.39, 0.29) is 12.5 Å². The summed E-state index contributed by atoms with van der Waals surface area (Å²) in [5.41, 5.74) is 1.91. The lowest BCUT2D eigenvalue weighted by Crippen LogP contribution is -2.53. The number of hydrogen-bond acceptors (Lipinski definition) is 5. The number of piperidine rings is 1. The fourth-order valence-corrected chi connectivity index (χ4v) is 3.47. The normalized spacial score (nSPS) is 23.7. The summed E-state index contributed by atoms with van der Waals surface area (Å²) in [6, 6.07) is 7.21. The number of carbonyl (C=O) groups excluding carboxylic acids is 2. The lowest BCUT2D eigenvalue weighted by Gasteiger charge is -2.35. The van der Waals surface area contributed by atoms with Crippen LogP contribution in [0.2, 0.25) is 0 Å². The molecule has 25 heavy (non-hydrogen) atoms. The van der Waals surface area contributed by atoms with Gasteiger partial charge < -0.3 is 9.64 Å². The van der Waals surface area contributed by atoms with Gasteiger partial charge in [-0.05, 0) is 44.2 Å². The number of nitrogens with zero attached hydrogens (tertiary/aromatic N) is 2. The molecule has 0 unspecified atom stereocenters. The number of benzene rings is 1. The lowest BCUT2D eigenvalue weighted by atomic mass is 9.89. The van der Waals surface area contributed by atoms with Gasteiger partial charge in [0.1, 0.15) is 6.04 Å². The molecule has 1 aromatic rings. The molecule has 1 amide bonds. The molecule has 0 spiro atoms. The van der Waals surface area contributed by atoms with Gasteiger partial charge in [0.25, 0.3) is 0 Å². The van der Waals surface area contributed by atoms with E-state index in [1.165, 1.54) is 6.42 Å². The largest absolute Gasteiger partial charge is 0.465 e. The van der Waals surface area contributed by atoms with Crippen LogP contribution in [0, 0.1) is 12.8 Å². The standard InChI is InChI=1S/C19H25N3O3/c1-3-25-18(24)15-16(14-10-6-5-9-13(14)2)20-19(21-17(15)23)22-11-7-4-8-12-22/h5-6,9-10,15-16H,3-4,7-8,11-12H2,1-2H3,(H,20,21,23)/t15-,16-/m1/s1. The SMILES string of the molecule is CCOC(=O)[C@H]1C(=O)NC(N2CCCCC2)=N[C@@H]1c1ccccc1C. The van der Waals surface area contributed by atoms with Gasteiger partial charge in [-0.3, -0.25) is 14.9 Å². The second-order valence-corrected chi connectivity index (χ2v) is 6.52. The van der Waals surface area contributed by atoms with Crippen LogP contribution >= 0.6 is 0 Å². The Morgan fingerprint density at radius 2 is 2.00 bits per heavy atom. The summed E-state index contributed by atoms with van der Waals surface area (Å²) in [7, 11) is 0. The minimum Gasteiger partial charge on any atom is -0.465 e. The van der Waals surface area contributed by atoms with E-state index < -0.39 is 17.9 Å². The number of aryl methyl sites for hydroxylation is 1. The highest BCUT2D eigenvalue weighted by atomic mass is 16.5. The van der Waals surface area contributed by atoms with Gasteiger partial charge >= 0.3 is 5.97 Å². The first-order valence-corrected chi connectivity index (χ1v) is 8.97. The predicted octanol–water partition coefficient (Wildman–Crippen LogP) is 2.19. The quantitative estimate of drug-likeness (QED) is 0.675. The molecule has 1 fully saturated rings. The molecule has 1 N–H and O–H groups in total. The zero-order chi connectivity index (χ0) is 17.8. The number of guanidine groups is 1. The molecule has 0 bridgehead atoms. The second-order valence-electron chi connectivity index (χ2n) is 6.52. The van der Waals surface area contributed by atoms with Crippen LogP contribution in [-0.2, 0) is 14.3 Å². The van der Waals surface area contributed by atoms with Crippen molar-refractivity contribution in [3.63, 3.8) is 0 Å². The van der Waals surface area contributed by atoms with Crippen molar-refractivity contribution < 1.29 is 14.3 Å². The van der Waals surface area contributed by atoms with Gasteiger partial charge in [0.2, 0.25) is 11.9 Å². The van der Waals surface area contributed by atoms with Crippen LogP contribution in [-0.4, -0.2) is 42.4 Å². The molecular formula is C19H25N3O3. The predicted molar refractivity (Wildman–Crippen MR) is 95.0 cm³/mol. The molecule has 2 aliphatic heterocycles. The number of hydrogen-bond donors (Lipinski definition) is 1. The summed E-state index contributed by atoms with van der Waals surface area (Å²) in [4.78, 5) is 32.0. The maximum absolute atomic E-state index is 12.7. The van der Waals surface area contributed by atoms with Crippen molar-refractivity contribution in [1.82, 2.24) is 10.2 Å². The Kier molecular flexibility index (Phi) is 5.36. The Morgan fingerprint density at radius 3 is 2.68 bits per heavy atom. The molecule has 2 aliphatic rings. The van der Waals surface area contributed by atoms with E-state index >= 15 is 0 Å². The molecule has 2 atom stereocenters. The molecule has 2 heterocycles. The third-order valence-corrected chi connectivity index (χ3v) is 4.80. The van der Waals surface area contributed by atoms with E-state index in [9.17, 15) is 9.59 Å². The van der Waals surface area contributed by atoms with Crippen LogP contribution in [0.5, 0.6) is 0 Å². The Morgan fingerprint density at radius 1 is 1.28 bits per heavy atom. The molecule has 6 heteroatoms. The van der Waals surface area contributed by atoms with E-state index in [0.717, 1.165) is 37.1 Å². The highest BCUT2D eigenvalue weighted by Crippen LogP contribution is 2.33. The maximum atomic E-state index is 12.7. The van der Waals surface area contributed by atoms with Gasteiger partial charge in [0.05, 0.1) is 6.61 Å². The summed E-state index contributed by atoms with van der Waals surface area (Å²) in [5.74, 6) is -1.22. The van der Waals surface area contributed by atoms with Gasteiger partial charge in [0, 0.05) is 13.1 Å². The number of carbonyl (C=O) groups is 2. The van der Waals surface area contributed by atoms with Crippen LogP contribution in [0.25, 0.3) is 0 Å². The molecule has 134 valence electrons. The van der Waals surface area contributed by atoms with Crippen LogP contribution < -0.4 is 5.32 Å². The van der Waals surface area contributed by atoms with Crippen molar-refractivity contribution in [2.75, 3.05) is 19.7 Å². The molecule has 1 aromatic carbocycles. The van der Waals surface area contributed by atoms with Crippen molar-refractivity contribution in [2.24, 2.45) is 10.9 Å². The van der Waals surface area contributed by atoms with E-state index in [2.05, 4.69) is 10.2 Å². The number of ether oxygens (including phenoxy) is 1. The van der Waals surface area contributed by atoms with Gasteiger partial charge in [-0.1, -0.05) is 24.3 Å². The topological polar surface area (TPSA) is 71.0 Å². The smallest absolute Gasteiger partial charge is 0.321 e. The van der Waals surface area contributed by atoms with E-state index in [1.807, 2.05) is 31.2 Å². The van der Waals surface area contributed by atoms with Crippen LogP contribution in [0.4, 0.5) is 0 Å².